The highest BCUT2D eigenvalue weighted by molar-refractivity contribution is 5.93. The van der Waals surface area contributed by atoms with E-state index in [0.717, 1.165) is 12.1 Å². The number of Topliss-reactive ketones (excluding diaryl/α,β-unsaturated/α-hetero) is 1. The zero-order valence-corrected chi connectivity index (χ0v) is 7.85. The third-order valence-electron chi connectivity index (χ3n) is 1.57. The van der Waals surface area contributed by atoms with Crippen molar-refractivity contribution < 1.29 is 18.0 Å². The fourth-order valence-electron chi connectivity index (χ4n) is 0.933. The Kier molecular flexibility index (Phi) is 3.15. The molecule has 0 aliphatic rings. The number of carbonyl (C=O) groups is 1. The molecule has 0 aromatic heterocycles. The molecular formula is C11H7F3O. The number of hydrogen-bond donors (Lipinski definition) is 0. The van der Waals surface area contributed by atoms with Crippen LogP contribution in [-0.2, 0) is 11.0 Å². The van der Waals surface area contributed by atoms with Gasteiger partial charge in [0, 0.05) is 12.5 Å². The molecule has 15 heavy (non-hydrogen) atoms. The molecule has 0 saturated heterocycles. The molecule has 0 bridgehead atoms. The minimum Gasteiger partial charge on any atom is -0.285 e. The number of carbonyl (C=O) groups excluding carboxylic acids is 1. The van der Waals surface area contributed by atoms with Gasteiger partial charge >= 0.3 is 6.18 Å². The van der Waals surface area contributed by atoms with Gasteiger partial charge in [0.25, 0.3) is 0 Å². The van der Waals surface area contributed by atoms with Gasteiger partial charge in [0.2, 0.25) is 5.78 Å². The maximum atomic E-state index is 12.3. The Bertz CT molecular complexity index is 435. The Hall–Kier alpha value is -1.76. The van der Waals surface area contributed by atoms with Crippen LogP contribution in [0.4, 0.5) is 13.2 Å². The van der Waals surface area contributed by atoms with Gasteiger partial charge in [-0.3, -0.25) is 4.79 Å². The maximum Gasteiger partial charge on any atom is 0.416 e. The molecule has 0 fully saturated rings. The van der Waals surface area contributed by atoms with Gasteiger partial charge < -0.3 is 0 Å². The van der Waals surface area contributed by atoms with E-state index in [-0.39, 0.29) is 11.3 Å². The predicted molar refractivity (Wildman–Crippen MR) is 49.0 cm³/mol. The molecule has 0 aliphatic carbocycles. The SMILES string of the molecule is CC(=O)C#Cc1cccc(C(F)(F)F)c1. The van der Waals surface area contributed by atoms with Crippen molar-refractivity contribution >= 4 is 5.78 Å². The van der Waals surface area contributed by atoms with E-state index >= 15 is 0 Å². The van der Waals surface area contributed by atoms with Gasteiger partial charge in [0.1, 0.15) is 0 Å². The number of benzene rings is 1. The monoisotopic (exact) mass is 212 g/mol. The van der Waals surface area contributed by atoms with Crippen LogP contribution in [0.1, 0.15) is 18.1 Å². The lowest BCUT2D eigenvalue weighted by Crippen LogP contribution is -2.04. The first-order valence-electron chi connectivity index (χ1n) is 4.09. The summed E-state index contributed by atoms with van der Waals surface area (Å²) < 4.78 is 36.8. The average Bonchev–Trinajstić information content (AvgIpc) is 2.14. The summed E-state index contributed by atoms with van der Waals surface area (Å²) in [6.45, 7) is 1.25. The summed E-state index contributed by atoms with van der Waals surface area (Å²) >= 11 is 0. The molecule has 0 heterocycles. The molecule has 0 amide bonds. The van der Waals surface area contributed by atoms with Crippen molar-refractivity contribution in [1.82, 2.24) is 0 Å². The van der Waals surface area contributed by atoms with E-state index in [1.807, 2.05) is 0 Å². The van der Waals surface area contributed by atoms with E-state index in [2.05, 4.69) is 11.8 Å². The molecule has 0 N–H and O–H groups in total. The van der Waals surface area contributed by atoms with E-state index in [1.54, 1.807) is 0 Å². The fraction of sp³-hybridized carbons (Fsp3) is 0.182. The van der Waals surface area contributed by atoms with Crippen LogP contribution in [0.2, 0.25) is 0 Å². The molecule has 1 aromatic rings. The van der Waals surface area contributed by atoms with Gasteiger partial charge in [0.05, 0.1) is 5.56 Å². The van der Waals surface area contributed by atoms with Crippen molar-refractivity contribution in [2.24, 2.45) is 0 Å². The first kappa shape index (κ1) is 11.3. The number of alkyl halides is 3. The number of ketones is 1. The summed E-state index contributed by atoms with van der Waals surface area (Å²) in [5.74, 6) is 4.16. The summed E-state index contributed by atoms with van der Waals surface area (Å²) in [4.78, 5) is 10.5. The molecule has 1 aromatic carbocycles. The van der Waals surface area contributed by atoms with Crippen LogP contribution < -0.4 is 0 Å². The molecule has 0 unspecified atom stereocenters. The van der Waals surface area contributed by atoms with Gasteiger partial charge in [-0.15, -0.1) is 0 Å². The molecule has 4 heteroatoms. The van der Waals surface area contributed by atoms with Crippen LogP contribution in [0.5, 0.6) is 0 Å². The second-order valence-corrected chi connectivity index (χ2v) is 2.88. The smallest absolute Gasteiger partial charge is 0.285 e. The Morgan fingerprint density at radius 3 is 2.53 bits per heavy atom. The van der Waals surface area contributed by atoms with Crippen molar-refractivity contribution in [2.75, 3.05) is 0 Å². The lowest BCUT2D eigenvalue weighted by molar-refractivity contribution is -0.137. The molecule has 0 saturated carbocycles. The van der Waals surface area contributed by atoms with Crippen LogP contribution in [0.15, 0.2) is 24.3 Å². The van der Waals surface area contributed by atoms with Gasteiger partial charge in [-0.2, -0.15) is 13.2 Å². The number of hydrogen-bond acceptors (Lipinski definition) is 1. The first-order valence-corrected chi connectivity index (χ1v) is 4.09. The summed E-state index contributed by atoms with van der Waals surface area (Å²) in [6.07, 6.45) is -4.38. The van der Waals surface area contributed by atoms with Crippen molar-refractivity contribution in [3.05, 3.63) is 35.4 Å². The lowest BCUT2D eigenvalue weighted by Gasteiger charge is -2.05. The molecule has 1 rings (SSSR count). The normalized spacial score (nSPS) is 10.4. The Labute approximate surface area is 84.9 Å². The van der Waals surface area contributed by atoms with E-state index in [0.29, 0.717) is 0 Å². The molecule has 1 nitrogen and oxygen atoms in total. The Morgan fingerprint density at radius 2 is 2.00 bits per heavy atom. The Morgan fingerprint density at radius 1 is 1.33 bits per heavy atom. The van der Waals surface area contributed by atoms with Gasteiger partial charge in [-0.1, -0.05) is 12.0 Å². The highest BCUT2D eigenvalue weighted by Gasteiger charge is 2.30. The van der Waals surface area contributed by atoms with Crippen LogP contribution in [0.3, 0.4) is 0 Å². The van der Waals surface area contributed by atoms with E-state index in [4.69, 9.17) is 0 Å². The minimum absolute atomic E-state index is 0.181. The van der Waals surface area contributed by atoms with Crippen molar-refractivity contribution in [1.29, 1.82) is 0 Å². The van der Waals surface area contributed by atoms with E-state index < -0.39 is 11.7 Å². The third-order valence-corrected chi connectivity index (χ3v) is 1.57. The second-order valence-electron chi connectivity index (χ2n) is 2.88. The number of halogens is 3. The molecule has 0 radical (unpaired) electrons. The topological polar surface area (TPSA) is 17.1 Å². The molecule has 0 aliphatic heterocycles. The van der Waals surface area contributed by atoms with Crippen LogP contribution in [0.25, 0.3) is 0 Å². The van der Waals surface area contributed by atoms with Crippen molar-refractivity contribution in [3.8, 4) is 11.8 Å². The van der Waals surface area contributed by atoms with Crippen LogP contribution >= 0.6 is 0 Å². The van der Waals surface area contributed by atoms with E-state index in [1.165, 1.54) is 19.1 Å². The van der Waals surface area contributed by atoms with E-state index in [9.17, 15) is 18.0 Å². The molecule has 78 valence electrons. The van der Waals surface area contributed by atoms with Gasteiger partial charge in [0.15, 0.2) is 0 Å². The second kappa shape index (κ2) is 4.18. The number of rotatable bonds is 0. The Balaban J connectivity index is 3.05. The average molecular weight is 212 g/mol. The van der Waals surface area contributed by atoms with Crippen molar-refractivity contribution in [2.45, 2.75) is 13.1 Å². The summed E-state index contributed by atoms with van der Waals surface area (Å²) in [5.41, 5.74) is -0.585. The summed E-state index contributed by atoms with van der Waals surface area (Å²) in [6, 6.07) is 4.55. The largest absolute Gasteiger partial charge is 0.416 e. The quantitative estimate of drug-likeness (QED) is 0.604. The van der Waals surface area contributed by atoms with Crippen molar-refractivity contribution in [3.63, 3.8) is 0 Å². The maximum absolute atomic E-state index is 12.3. The lowest BCUT2D eigenvalue weighted by atomic mass is 10.1. The first-order chi connectivity index (χ1) is 6.89. The van der Waals surface area contributed by atoms with Crippen LogP contribution in [0, 0.1) is 11.8 Å². The fourth-order valence-corrected chi connectivity index (χ4v) is 0.933. The van der Waals surface area contributed by atoms with Crippen LogP contribution in [-0.4, -0.2) is 5.78 Å². The van der Waals surface area contributed by atoms with Gasteiger partial charge in [-0.05, 0) is 24.1 Å². The molecule has 0 atom stereocenters. The highest BCUT2D eigenvalue weighted by Crippen LogP contribution is 2.29. The molecular weight excluding hydrogens is 205 g/mol. The highest BCUT2D eigenvalue weighted by atomic mass is 19.4. The standard InChI is InChI=1S/C11H7F3O/c1-8(15)5-6-9-3-2-4-10(7-9)11(12,13)14/h2-4,7H,1H3. The summed E-state index contributed by atoms with van der Waals surface area (Å²) in [5, 5.41) is 0. The minimum atomic E-state index is -4.38. The van der Waals surface area contributed by atoms with Gasteiger partial charge in [-0.25, -0.2) is 0 Å². The zero-order chi connectivity index (χ0) is 11.5. The summed E-state index contributed by atoms with van der Waals surface area (Å²) in [7, 11) is 0. The predicted octanol–water partition coefficient (Wildman–Crippen LogP) is 2.65. The zero-order valence-electron chi connectivity index (χ0n) is 7.85. The molecule has 0 spiro atoms. The third kappa shape index (κ3) is 3.47.